The predicted molar refractivity (Wildman–Crippen MR) is 43.7 cm³/mol. The van der Waals surface area contributed by atoms with Crippen molar-refractivity contribution in [1.82, 2.24) is 0 Å². The summed E-state index contributed by atoms with van der Waals surface area (Å²) < 4.78 is 0. The Morgan fingerprint density at radius 1 is 0.900 bits per heavy atom. The van der Waals surface area contributed by atoms with Gasteiger partial charge in [0.1, 0.15) is 0 Å². The Morgan fingerprint density at radius 3 is 1.90 bits per heavy atom. The zero-order chi connectivity index (χ0) is 7.30. The molecule has 0 radical (unpaired) electrons. The van der Waals surface area contributed by atoms with Crippen LogP contribution in [0.2, 0.25) is 0 Å². The van der Waals surface area contributed by atoms with Crippen LogP contribution in [0, 0.1) is 29.6 Å². The minimum Gasteiger partial charge on any atom is -0.0622 e. The lowest BCUT2D eigenvalue weighted by molar-refractivity contribution is 0.0868. The van der Waals surface area contributed by atoms with Crippen molar-refractivity contribution >= 4 is 0 Å². The smallest absolute Gasteiger partial charge is 0.0331 e. The van der Waals surface area contributed by atoms with Gasteiger partial charge in [-0.25, -0.2) is 0 Å². The van der Waals surface area contributed by atoms with Crippen LogP contribution in [-0.4, -0.2) is 0 Å². The average Bonchev–Trinajstić information content (AvgIpc) is 2.05. The molecule has 0 amide bonds. The van der Waals surface area contributed by atoms with Crippen LogP contribution >= 0.6 is 0 Å². The van der Waals surface area contributed by atoms with Crippen molar-refractivity contribution < 1.29 is 0 Å². The van der Waals surface area contributed by atoms with Crippen LogP contribution in [0.15, 0.2) is 0 Å². The molecule has 2 aliphatic rings. The van der Waals surface area contributed by atoms with Crippen molar-refractivity contribution in [2.24, 2.45) is 29.6 Å². The molecule has 0 N–H and O–H groups in total. The van der Waals surface area contributed by atoms with Gasteiger partial charge in [-0.05, 0) is 42.4 Å². The monoisotopic (exact) mass is 138 g/mol. The molecule has 0 bridgehead atoms. The topological polar surface area (TPSA) is 0 Å². The molecular weight excluding hydrogens is 120 g/mol. The maximum atomic E-state index is 2.45. The summed E-state index contributed by atoms with van der Waals surface area (Å²) in [6.07, 6.45) is 3.05. The van der Waals surface area contributed by atoms with Gasteiger partial charge in [0.15, 0.2) is 0 Å². The van der Waals surface area contributed by atoms with Gasteiger partial charge in [0, 0.05) is 0 Å². The first-order chi connectivity index (χ1) is 4.70. The fourth-order valence-electron chi connectivity index (χ4n) is 3.33. The summed E-state index contributed by atoms with van der Waals surface area (Å²) in [5, 5.41) is 0. The highest BCUT2D eigenvalue weighted by atomic mass is 14.5. The number of rotatable bonds is 0. The van der Waals surface area contributed by atoms with Crippen molar-refractivity contribution in [1.29, 1.82) is 0 Å². The molecule has 0 spiro atoms. The van der Waals surface area contributed by atoms with E-state index in [1.165, 1.54) is 12.8 Å². The second-order valence-electron chi connectivity index (χ2n) is 4.62. The van der Waals surface area contributed by atoms with E-state index >= 15 is 0 Å². The quantitative estimate of drug-likeness (QED) is 0.483. The van der Waals surface area contributed by atoms with Gasteiger partial charge >= 0.3 is 0 Å². The molecule has 0 aromatic rings. The standard InChI is InChI=1S/C10H18/c1-6-4-9-5-7(2)10(9)8(6)3/h6-10H,4-5H2,1-3H3. The van der Waals surface area contributed by atoms with Gasteiger partial charge in [-0.1, -0.05) is 20.8 Å². The van der Waals surface area contributed by atoms with Crippen LogP contribution in [0.4, 0.5) is 0 Å². The highest BCUT2D eigenvalue weighted by molar-refractivity contribution is 4.97. The van der Waals surface area contributed by atoms with E-state index in [2.05, 4.69) is 20.8 Å². The molecule has 0 aromatic heterocycles. The Balaban J connectivity index is 2.08. The van der Waals surface area contributed by atoms with E-state index in [4.69, 9.17) is 0 Å². The highest BCUT2D eigenvalue weighted by Crippen LogP contribution is 2.55. The van der Waals surface area contributed by atoms with Crippen LogP contribution in [-0.2, 0) is 0 Å². The Bertz CT molecular complexity index is 139. The zero-order valence-corrected chi connectivity index (χ0v) is 7.30. The third-order valence-corrected chi connectivity index (χ3v) is 4.06. The van der Waals surface area contributed by atoms with E-state index in [1.807, 2.05) is 0 Å². The van der Waals surface area contributed by atoms with Gasteiger partial charge in [0.2, 0.25) is 0 Å². The van der Waals surface area contributed by atoms with Crippen molar-refractivity contribution in [3.8, 4) is 0 Å². The number of hydrogen-bond acceptors (Lipinski definition) is 0. The van der Waals surface area contributed by atoms with E-state index in [9.17, 15) is 0 Å². The molecule has 0 heterocycles. The van der Waals surface area contributed by atoms with Crippen LogP contribution in [0.1, 0.15) is 33.6 Å². The molecule has 5 unspecified atom stereocenters. The van der Waals surface area contributed by atoms with E-state index in [0.717, 1.165) is 29.6 Å². The fourth-order valence-corrected chi connectivity index (χ4v) is 3.33. The summed E-state index contributed by atoms with van der Waals surface area (Å²) >= 11 is 0. The molecule has 2 aliphatic carbocycles. The van der Waals surface area contributed by atoms with Gasteiger partial charge in [-0.3, -0.25) is 0 Å². The molecule has 0 heteroatoms. The predicted octanol–water partition coefficient (Wildman–Crippen LogP) is 2.93. The molecule has 0 aromatic carbocycles. The molecular formula is C10H18. The Morgan fingerprint density at radius 2 is 1.50 bits per heavy atom. The van der Waals surface area contributed by atoms with Crippen LogP contribution < -0.4 is 0 Å². The molecule has 5 atom stereocenters. The molecule has 2 rings (SSSR count). The van der Waals surface area contributed by atoms with Crippen LogP contribution in [0.5, 0.6) is 0 Å². The van der Waals surface area contributed by atoms with Crippen LogP contribution in [0.25, 0.3) is 0 Å². The van der Waals surface area contributed by atoms with Crippen molar-refractivity contribution in [2.75, 3.05) is 0 Å². The number of hydrogen-bond donors (Lipinski definition) is 0. The molecule has 0 saturated heterocycles. The summed E-state index contributed by atoms with van der Waals surface area (Å²) in [5.41, 5.74) is 0. The summed E-state index contributed by atoms with van der Waals surface area (Å²) in [6.45, 7) is 7.30. The minimum absolute atomic E-state index is 1.01. The minimum atomic E-state index is 1.01. The van der Waals surface area contributed by atoms with Crippen LogP contribution in [0.3, 0.4) is 0 Å². The first-order valence-corrected chi connectivity index (χ1v) is 4.70. The number of fused-ring (bicyclic) bond motifs is 1. The summed E-state index contributed by atoms with van der Waals surface area (Å²) in [7, 11) is 0. The summed E-state index contributed by atoms with van der Waals surface area (Å²) in [6, 6.07) is 0. The van der Waals surface area contributed by atoms with Gasteiger partial charge in [-0.2, -0.15) is 0 Å². The van der Waals surface area contributed by atoms with Gasteiger partial charge in [0.25, 0.3) is 0 Å². The molecule has 0 nitrogen and oxygen atoms in total. The van der Waals surface area contributed by atoms with Gasteiger partial charge in [0.05, 0.1) is 0 Å². The molecule has 10 heavy (non-hydrogen) atoms. The van der Waals surface area contributed by atoms with Gasteiger partial charge in [-0.15, -0.1) is 0 Å². The van der Waals surface area contributed by atoms with Crippen molar-refractivity contribution in [3.63, 3.8) is 0 Å². The third kappa shape index (κ3) is 0.681. The lowest BCUT2D eigenvalue weighted by Crippen LogP contribution is -2.33. The average molecular weight is 138 g/mol. The Labute approximate surface area is 64.0 Å². The maximum Gasteiger partial charge on any atom is -0.0331 e. The molecule has 2 saturated carbocycles. The molecule has 2 fully saturated rings. The van der Waals surface area contributed by atoms with Crippen molar-refractivity contribution in [3.05, 3.63) is 0 Å². The van der Waals surface area contributed by atoms with E-state index < -0.39 is 0 Å². The second-order valence-corrected chi connectivity index (χ2v) is 4.62. The highest BCUT2D eigenvalue weighted by Gasteiger charge is 2.48. The SMILES string of the molecule is CC1CC2CC(C)C2C1C. The fraction of sp³-hybridized carbons (Fsp3) is 1.00. The first kappa shape index (κ1) is 6.69. The lowest BCUT2D eigenvalue weighted by atomic mass is 9.65. The van der Waals surface area contributed by atoms with E-state index in [0.29, 0.717) is 0 Å². The maximum absolute atomic E-state index is 2.45. The third-order valence-electron chi connectivity index (χ3n) is 4.06. The summed E-state index contributed by atoms with van der Waals surface area (Å²) in [4.78, 5) is 0. The van der Waals surface area contributed by atoms with E-state index in [-0.39, 0.29) is 0 Å². The molecule has 0 aliphatic heterocycles. The molecule has 58 valence electrons. The largest absolute Gasteiger partial charge is 0.0622 e. The normalized spacial score (nSPS) is 59.7. The van der Waals surface area contributed by atoms with Gasteiger partial charge < -0.3 is 0 Å². The summed E-state index contributed by atoms with van der Waals surface area (Å²) in [5.74, 6) is 5.31. The Hall–Kier alpha value is 0. The van der Waals surface area contributed by atoms with Crippen molar-refractivity contribution in [2.45, 2.75) is 33.6 Å². The Kier molecular flexibility index (Phi) is 1.33. The second kappa shape index (κ2) is 1.99. The zero-order valence-electron chi connectivity index (χ0n) is 7.30. The van der Waals surface area contributed by atoms with E-state index in [1.54, 1.807) is 0 Å². The first-order valence-electron chi connectivity index (χ1n) is 4.70. The lowest BCUT2D eigenvalue weighted by Gasteiger charge is -2.40.